The molecule has 1 aromatic rings. The summed E-state index contributed by atoms with van der Waals surface area (Å²) in [5.41, 5.74) is -0.746. The van der Waals surface area contributed by atoms with E-state index in [4.69, 9.17) is 0 Å². The highest BCUT2D eigenvalue weighted by atomic mass is 16.3. The minimum absolute atomic E-state index is 0.0737. The van der Waals surface area contributed by atoms with E-state index in [9.17, 15) is 14.7 Å². The summed E-state index contributed by atoms with van der Waals surface area (Å²) in [6.45, 7) is 6.85. The van der Waals surface area contributed by atoms with E-state index in [2.05, 4.69) is 17.2 Å². The number of nitrogens with one attached hydrogen (secondary N) is 1. The van der Waals surface area contributed by atoms with Gasteiger partial charge in [0.1, 0.15) is 5.56 Å². The topological polar surface area (TPSA) is 66.4 Å². The van der Waals surface area contributed by atoms with Crippen LogP contribution in [-0.2, 0) is 0 Å². The van der Waals surface area contributed by atoms with Gasteiger partial charge in [0.15, 0.2) is 5.75 Å². The smallest absolute Gasteiger partial charge is 0.270 e. The molecule has 0 aromatic heterocycles. The van der Waals surface area contributed by atoms with E-state index < -0.39 is 16.6 Å². The molecule has 1 unspecified atom stereocenters. The molecule has 0 aliphatic heterocycles. The minimum Gasteiger partial charge on any atom is -0.503 e. The van der Waals surface area contributed by atoms with Crippen molar-refractivity contribution in [3.8, 4) is 17.6 Å². The average molecular weight is 247 g/mol. The second-order valence-electron chi connectivity index (χ2n) is 4.02. The third kappa shape index (κ3) is 3.08. The Hall–Kier alpha value is -1.86. The summed E-state index contributed by atoms with van der Waals surface area (Å²) in [6.07, 6.45) is 2.71. The van der Waals surface area contributed by atoms with Crippen molar-refractivity contribution in [2.24, 2.45) is 0 Å². The second kappa shape index (κ2) is 6.18. The molecule has 0 fully saturated rings. The standard InChI is InChI=1S/C14H17NO3/c1-4-10(8-9(3)15-5-2)6-7-11-12(16)14(18)13(11)17/h8-9,15-16H,4-5H2,1-3H3/b10-8+. The van der Waals surface area contributed by atoms with Crippen LogP contribution in [0.5, 0.6) is 5.75 Å². The number of rotatable bonds is 4. The van der Waals surface area contributed by atoms with Crippen LogP contribution in [0, 0.1) is 11.8 Å². The molecule has 2 N–H and O–H groups in total. The quantitative estimate of drug-likeness (QED) is 0.606. The first-order valence-corrected chi connectivity index (χ1v) is 5.99. The Morgan fingerprint density at radius 1 is 1.39 bits per heavy atom. The van der Waals surface area contributed by atoms with Crippen molar-refractivity contribution in [2.45, 2.75) is 33.2 Å². The lowest BCUT2D eigenvalue weighted by atomic mass is 10.1. The zero-order chi connectivity index (χ0) is 13.7. The summed E-state index contributed by atoms with van der Waals surface area (Å²) in [4.78, 5) is 21.9. The summed E-state index contributed by atoms with van der Waals surface area (Å²) in [6, 6.07) is 0.195. The lowest BCUT2D eigenvalue weighted by Crippen LogP contribution is -2.33. The summed E-state index contributed by atoms with van der Waals surface area (Å²) in [5, 5.41) is 12.4. The fourth-order valence-corrected chi connectivity index (χ4v) is 1.57. The highest BCUT2D eigenvalue weighted by molar-refractivity contribution is 5.52. The lowest BCUT2D eigenvalue weighted by Gasteiger charge is -2.07. The first-order chi connectivity index (χ1) is 8.51. The molecular weight excluding hydrogens is 230 g/mol. The lowest BCUT2D eigenvalue weighted by molar-refractivity contribution is 0.461. The van der Waals surface area contributed by atoms with Gasteiger partial charge in [0.05, 0.1) is 0 Å². The fourth-order valence-electron chi connectivity index (χ4n) is 1.57. The maximum absolute atomic E-state index is 11.1. The highest BCUT2D eigenvalue weighted by Crippen LogP contribution is 2.07. The van der Waals surface area contributed by atoms with E-state index in [0.29, 0.717) is 0 Å². The van der Waals surface area contributed by atoms with Crippen LogP contribution in [0.15, 0.2) is 21.2 Å². The number of hydrogen-bond donors (Lipinski definition) is 2. The number of allylic oxidation sites excluding steroid dienone is 1. The van der Waals surface area contributed by atoms with Crippen molar-refractivity contribution in [3.63, 3.8) is 0 Å². The summed E-state index contributed by atoms with van der Waals surface area (Å²) in [7, 11) is 0. The molecule has 18 heavy (non-hydrogen) atoms. The summed E-state index contributed by atoms with van der Waals surface area (Å²) < 4.78 is 0. The minimum atomic E-state index is -0.845. The van der Waals surface area contributed by atoms with Gasteiger partial charge < -0.3 is 10.4 Å². The zero-order valence-corrected chi connectivity index (χ0v) is 10.8. The SMILES string of the molecule is CCNC(C)/C=C(/C#Cc1c(O)c(=O)c1=O)CC. The normalized spacial score (nSPS) is 13.2. The van der Waals surface area contributed by atoms with E-state index >= 15 is 0 Å². The van der Waals surface area contributed by atoms with Crippen LogP contribution in [0.25, 0.3) is 0 Å². The van der Waals surface area contributed by atoms with Crippen LogP contribution in [0.2, 0.25) is 0 Å². The van der Waals surface area contributed by atoms with E-state index in [-0.39, 0.29) is 11.6 Å². The van der Waals surface area contributed by atoms with Gasteiger partial charge in [-0.05, 0) is 25.5 Å². The Labute approximate surface area is 106 Å². The van der Waals surface area contributed by atoms with E-state index in [1.54, 1.807) is 0 Å². The molecule has 0 bridgehead atoms. The maximum atomic E-state index is 11.1. The monoisotopic (exact) mass is 247 g/mol. The van der Waals surface area contributed by atoms with Gasteiger partial charge in [-0.1, -0.05) is 31.8 Å². The van der Waals surface area contributed by atoms with Crippen molar-refractivity contribution in [1.29, 1.82) is 0 Å². The van der Waals surface area contributed by atoms with Gasteiger partial charge >= 0.3 is 0 Å². The molecule has 0 aliphatic rings. The molecule has 0 amide bonds. The van der Waals surface area contributed by atoms with Gasteiger partial charge in [0.2, 0.25) is 5.43 Å². The molecule has 1 aromatic carbocycles. The van der Waals surface area contributed by atoms with Crippen molar-refractivity contribution < 1.29 is 5.11 Å². The maximum Gasteiger partial charge on any atom is 0.270 e. The molecule has 1 rings (SSSR count). The molecule has 0 heterocycles. The Balaban J connectivity index is 2.89. The number of hydrogen-bond acceptors (Lipinski definition) is 4. The van der Waals surface area contributed by atoms with Crippen LogP contribution < -0.4 is 16.2 Å². The molecule has 0 spiro atoms. The number of likely N-dealkylation sites (N-methyl/N-ethyl adjacent to an activating group) is 1. The van der Waals surface area contributed by atoms with Crippen molar-refractivity contribution >= 4 is 0 Å². The van der Waals surface area contributed by atoms with Crippen molar-refractivity contribution in [3.05, 3.63) is 37.7 Å². The van der Waals surface area contributed by atoms with Crippen LogP contribution >= 0.6 is 0 Å². The van der Waals surface area contributed by atoms with Gasteiger partial charge in [0.25, 0.3) is 5.43 Å². The van der Waals surface area contributed by atoms with Crippen LogP contribution in [-0.4, -0.2) is 17.7 Å². The van der Waals surface area contributed by atoms with E-state index in [1.165, 1.54) is 0 Å². The zero-order valence-electron chi connectivity index (χ0n) is 10.8. The molecule has 0 aliphatic carbocycles. The Morgan fingerprint density at radius 3 is 2.56 bits per heavy atom. The summed E-state index contributed by atoms with van der Waals surface area (Å²) >= 11 is 0. The van der Waals surface area contributed by atoms with Crippen LogP contribution in [0.3, 0.4) is 0 Å². The predicted molar refractivity (Wildman–Crippen MR) is 71.4 cm³/mol. The molecule has 4 heteroatoms. The molecule has 0 saturated heterocycles. The van der Waals surface area contributed by atoms with E-state index in [1.807, 2.05) is 26.8 Å². The van der Waals surface area contributed by atoms with Gasteiger partial charge in [-0.2, -0.15) is 0 Å². The van der Waals surface area contributed by atoms with E-state index in [0.717, 1.165) is 18.5 Å². The Kier molecular flexibility index (Phi) is 4.87. The van der Waals surface area contributed by atoms with Gasteiger partial charge in [-0.15, -0.1) is 0 Å². The third-order valence-electron chi connectivity index (χ3n) is 2.59. The predicted octanol–water partition coefficient (Wildman–Crippen LogP) is 0.674. The average Bonchev–Trinajstić information content (AvgIpc) is 2.37. The largest absolute Gasteiger partial charge is 0.503 e. The third-order valence-corrected chi connectivity index (χ3v) is 2.59. The molecular formula is C14H17NO3. The van der Waals surface area contributed by atoms with Gasteiger partial charge in [-0.3, -0.25) is 9.59 Å². The van der Waals surface area contributed by atoms with Crippen molar-refractivity contribution in [2.75, 3.05) is 6.54 Å². The molecule has 96 valence electrons. The summed E-state index contributed by atoms with van der Waals surface area (Å²) in [5.74, 6) is 4.87. The molecule has 1 atom stereocenters. The van der Waals surface area contributed by atoms with Crippen molar-refractivity contribution in [1.82, 2.24) is 5.32 Å². The van der Waals surface area contributed by atoms with Crippen LogP contribution in [0.4, 0.5) is 0 Å². The van der Waals surface area contributed by atoms with Gasteiger partial charge in [0, 0.05) is 6.04 Å². The first-order valence-electron chi connectivity index (χ1n) is 5.99. The molecule has 0 saturated carbocycles. The molecule has 4 nitrogen and oxygen atoms in total. The Morgan fingerprint density at radius 2 is 2.06 bits per heavy atom. The Bertz CT molecular complexity index is 580. The number of aromatic hydroxyl groups is 1. The fraction of sp³-hybridized carbons (Fsp3) is 0.429. The van der Waals surface area contributed by atoms with Crippen LogP contribution in [0.1, 0.15) is 32.8 Å². The van der Waals surface area contributed by atoms with Gasteiger partial charge in [-0.25, -0.2) is 0 Å². The molecule has 0 radical (unpaired) electrons. The second-order valence-corrected chi connectivity index (χ2v) is 4.02. The first kappa shape index (κ1) is 14.2. The highest BCUT2D eigenvalue weighted by Gasteiger charge is 2.17.